The van der Waals surface area contributed by atoms with E-state index in [4.69, 9.17) is 0 Å². The predicted molar refractivity (Wildman–Crippen MR) is 84.7 cm³/mol. The Morgan fingerprint density at radius 2 is 2.09 bits per heavy atom. The predicted octanol–water partition coefficient (Wildman–Crippen LogP) is 2.95. The van der Waals surface area contributed by atoms with E-state index in [-0.39, 0.29) is 5.82 Å². The highest BCUT2D eigenvalue weighted by atomic mass is 19.1. The van der Waals surface area contributed by atoms with Crippen molar-refractivity contribution >= 4 is 5.91 Å². The summed E-state index contributed by atoms with van der Waals surface area (Å²) in [5.74, 6) is 0.971. The molecule has 22 heavy (non-hydrogen) atoms. The number of nitrogens with zero attached hydrogens (tertiary/aromatic N) is 1. The Kier molecular flexibility index (Phi) is 4.77. The van der Waals surface area contributed by atoms with Crippen LogP contribution in [0.25, 0.3) is 0 Å². The van der Waals surface area contributed by atoms with Gasteiger partial charge in [-0.25, -0.2) is 4.39 Å². The smallest absolute Gasteiger partial charge is 0.225 e. The van der Waals surface area contributed by atoms with Gasteiger partial charge in [-0.2, -0.15) is 0 Å². The van der Waals surface area contributed by atoms with Crippen LogP contribution in [0.5, 0.6) is 0 Å². The molecular weight excluding hydrogens is 279 g/mol. The second-order valence-corrected chi connectivity index (χ2v) is 6.59. The molecule has 1 aliphatic heterocycles. The van der Waals surface area contributed by atoms with Gasteiger partial charge in [-0.1, -0.05) is 31.5 Å². The van der Waals surface area contributed by atoms with E-state index in [1.54, 1.807) is 6.07 Å². The Balaban J connectivity index is 1.55. The Labute approximate surface area is 131 Å². The molecule has 1 N–H and O–H groups in total. The minimum Gasteiger partial charge on any atom is -0.342 e. The normalized spacial score (nSPS) is 25.3. The average Bonchev–Trinajstić information content (AvgIpc) is 3.38. The number of carbonyl (C=O) groups is 1. The number of hydrogen-bond donors (Lipinski definition) is 1. The highest BCUT2D eigenvalue weighted by molar-refractivity contribution is 5.81. The summed E-state index contributed by atoms with van der Waals surface area (Å²) in [5.41, 5.74) is 0.717. The molecule has 2 aliphatic rings. The lowest BCUT2D eigenvalue weighted by Gasteiger charge is -2.39. The fraction of sp³-hybridized carbons (Fsp3) is 0.611. The van der Waals surface area contributed by atoms with Gasteiger partial charge < -0.3 is 10.2 Å². The molecule has 1 saturated heterocycles. The topological polar surface area (TPSA) is 32.3 Å². The minimum atomic E-state index is -0.149. The fourth-order valence-electron chi connectivity index (χ4n) is 3.39. The summed E-state index contributed by atoms with van der Waals surface area (Å²) in [5, 5.41) is 3.51. The van der Waals surface area contributed by atoms with E-state index in [0.717, 1.165) is 38.8 Å². The maximum atomic E-state index is 13.7. The lowest BCUT2D eigenvalue weighted by Crippen LogP contribution is -2.51. The van der Waals surface area contributed by atoms with Crippen molar-refractivity contribution in [2.75, 3.05) is 13.1 Å². The standard InChI is InChI=1S/C18H25FN2O/c1-2-13-12-21(18(22)14-7-8-14)10-9-17(13)20-11-15-5-3-4-6-16(15)19/h3-6,13-14,17,20H,2,7-12H2,1H3/t13-,17+/m0/s1. The molecule has 2 atom stereocenters. The third-order valence-electron chi connectivity index (χ3n) is 5.01. The zero-order chi connectivity index (χ0) is 15.5. The van der Waals surface area contributed by atoms with Crippen LogP contribution >= 0.6 is 0 Å². The van der Waals surface area contributed by atoms with Crippen LogP contribution in [-0.4, -0.2) is 29.9 Å². The van der Waals surface area contributed by atoms with Gasteiger partial charge in [0.1, 0.15) is 5.82 Å². The molecule has 0 bridgehead atoms. The Bertz CT molecular complexity index is 530. The molecule has 0 aromatic heterocycles. The first-order valence-corrected chi connectivity index (χ1v) is 8.44. The van der Waals surface area contributed by atoms with Crippen molar-refractivity contribution in [2.45, 2.75) is 45.2 Å². The number of nitrogens with one attached hydrogen (secondary N) is 1. The van der Waals surface area contributed by atoms with Gasteiger partial charge in [0.15, 0.2) is 0 Å². The fourth-order valence-corrected chi connectivity index (χ4v) is 3.39. The molecule has 1 aromatic rings. The van der Waals surface area contributed by atoms with Crippen molar-refractivity contribution in [2.24, 2.45) is 11.8 Å². The van der Waals surface area contributed by atoms with Gasteiger partial charge in [-0.3, -0.25) is 4.79 Å². The molecule has 120 valence electrons. The first kappa shape index (κ1) is 15.5. The molecule has 0 unspecified atom stereocenters. The molecule has 1 aromatic carbocycles. The van der Waals surface area contributed by atoms with Crippen LogP contribution in [0.1, 0.15) is 38.2 Å². The van der Waals surface area contributed by atoms with Crippen LogP contribution in [0, 0.1) is 17.7 Å². The highest BCUT2D eigenvalue weighted by Crippen LogP contribution is 2.33. The van der Waals surface area contributed by atoms with Crippen molar-refractivity contribution in [3.05, 3.63) is 35.6 Å². The van der Waals surface area contributed by atoms with Crippen molar-refractivity contribution in [1.29, 1.82) is 0 Å². The van der Waals surface area contributed by atoms with Crippen LogP contribution < -0.4 is 5.32 Å². The van der Waals surface area contributed by atoms with Crippen LogP contribution in [0.2, 0.25) is 0 Å². The third kappa shape index (κ3) is 3.49. The van der Waals surface area contributed by atoms with Crippen molar-refractivity contribution < 1.29 is 9.18 Å². The van der Waals surface area contributed by atoms with Gasteiger partial charge in [0.05, 0.1) is 0 Å². The molecule has 3 nitrogen and oxygen atoms in total. The molecular formula is C18H25FN2O. The van der Waals surface area contributed by atoms with E-state index in [2.05, 4.69) is 12.2 Å². The molecule has 3 rings (SSSR count). The monoisotopic (exact) mass is 304 g/mol. The van der Waals surface area contributed by atoms with E-state index in [1.807, 2.05) is 17.0 Å². The molecule has 1 saturated carbocycles. The summed E-state index contributed by atoms with van der Waals surface area (Å²) in [6.45, 7) is 4.42. The molecule has 0 radical (unpaired) electrons. The minimum absolute atomic E-state index is 0.149. The maximum Gasteiger partial charge on any atom is 0.225 e. The van der Waals surface area contributed by atoms with E-state index in [1.165, 1.54) is 6.07 Å². The number of likely N-dealkylation sites (tertiary alicyclic amines) is 1. The Morgan fingerprint density at radius 1 is 1.32 bits per heavy atom. The van der Waals surface area contributed by atoms with Crippen LogP contribution in [0.3, 0.4) is 0 Å². The van der Waals surface area contributed by atoms with Gasteiger partial charge >= 0.3 is 0 Å². The summed E-state index contributed by atoms with van der Waals surface area (Å²) in [7, 11) is 0. The Morgan fingerprint density at radius 3 is 2.77 bits per heavy atom. The van der Waals surface area contributed by atoms with E-state index in [0.29, 0.717) is 35.9 Å². The Hall–Kier alpha value is -1.42. The number of benzene rings is 1. The van der Waals surface area contributed by atoms with E-state index < -0.39 is 0 Å². The van der Waals surface area contributed by atoms with Gasteiger partial charge in [0.2, 0.25) is 5.91 Å². The SMILES string of the molecule is CC[C@H]1CN(C(=O)C2CC2)CC[C@H]1NCc1ccccc1F. The summed E-state index contributed by atoms with van der Waals surface area (Å²) in [6, 6.07) is 7.29. The van der Waals surface area contributed by atoms with Gasteiger partial charge in [0.25, 0.3) is 0 Å². The zero-order valence-electron chi connectivity index (χ0n) is 13.2. The largest absolute Gasteiger partial charge is 0.342 e. The third-order valence-corrected chi connectivity index (χ3v) is 5.01. The summed E-state index contributed by atoms with van der Waals surface area (Å²) in [4.78, 5) is 14.3. The lowest BCUT2D eigenvalue weighted by atomic mass is 9.89. The number of amides is 1. The van der Waals surface area contributed by atoms with Gasteiger partial charge in [-0.05, 0) is 31.2 Å². The van der Waals surface area contributed by atoms with E-state index >= 15 is 0 Å². The van der Waals surface area contributed by atoms with Crippen LogP contribution in [0.4, 0.5) is 4.39 Å². The highest BCUT2D eigenvalue weighted by Gasteiger charge is 2.37. The molecule has 1 aliphatic carbocycles. The van der Waals surface area contributed by atoms with Gasteiger partial charge in [-0.15, -0.1) is 0 Å². The summed E-state index contributed by atoms with van der Waals surface area (Å²) < 4.78 is 13.7. The van der Waals surface area contributed by atoms with Crippen molar-refractivity contribution in [3.63, 3.8) is 0 Å². The molecule has 4 heteroatoms. The van der Waals surface area contributed by atoms with E-state index in [9.17, 15) is 9.18 Å². The molecule has 1 amide bonds. The number of piperidine rings is 1. The second-order valence-electron chi connectivity index (χ2n) is 6.59. The van der Waals surface area contributed by atoms with Crippen LogP contribution in [0.15, 0.2) is 24.3 Å². The quantitative estimate of drug-likeness (QED) is 0.907. The van der Waals surface area contributed by atoms with Gasteiger partial charge in [0, 0.05) is 37.2 Å². The van der Waals surface area contributed by atoms with Crippen molar-refractivity contribution in [3.8, 4) is 0 Å². The number of carbonyl (C=O) groups excluding carboxylic acids is 1. The second kappa shape index (κ2) is 6.78. The molecule has 1 heterocycles. The molecule has 0 spiro atoms. The maximum absolute atomic E-state index is 13.7. The summed E-state index contributed by atoms with van der Waals surface area (Å²) in [6.07, 6.45) is 4.15. The first-order chi connectivity index (χ1) is 10.7. The van der Waals surface area contributed by atoms with Crippen LogP contribution in [-0.2, 0) is 11.3 Å². The zero-order valence-corrected chi connectivity index (χ0v) is 13.2. The number of halogens is 1. The lowest BCUT2D eigenvalue weighted by molar-refractivity contribution is -0.134. The molecule has 2 fully saturated rings. The van der Waals surface area contributed by atoms with Crippen molar-refractivity contribution in [1.82, 2.24) is 10.2 Å². The number of hydrogen-bond acceptors (Lipinski definition) is 2. The number of rotatable bonds is 5. The first-order valence-electron chi connectivity index (χ1n) is 8.44. The average molecular weight is 304 g/mol. The summed E-state index contributed by atoms with van der Waals surface area (Å²) >= 11 is 0.